The van der Waals surface area contributed by atoms with Crippen molar-refractivity contribution in [2.45, 2.75) is 24.3 Å². The van der Waals surface area contributed by atoms with Gasteiger partial charge in [0.1, 0.15) is 0 Å². The Balaban J connectivity index is 2.75. The van der Waals surface area contributed by atoms with Gasteiger partial charge in [-0.15, -0.1) is 0 Å². The van der Waals surface area contributed by atoms with Gasteiger partial charge in [-0.2, -0.15) is 0 Å². The van der Waals surface area contributed by atoms with Crippen LogP contribution in [0.3, 0.4) is 0 Å². The van der Waals surface area contributed by atoms with Crippen LogP contribution in [0.25, 0.3) is 0 Å². The minimum absolute atomic E-state index is 0.0764. The van der Waals surface area contributed by atoms with Crippen LogP contribution in [0.4, 0.5) is 0 Å². The van der Waals surface area contributed by atoms with Crippen LogP contribution in [0.5, 0.6) is 0 Å². The second-order valence-electron chi connectivity index (χ2n) is 1.49. The van der Waals surface area contributed by atoms with Gasteiger partial charge in [-0.05, 0) is 0 Å². The van der Waals surface area contributed by atoms with E-state index in [2.05, 4.69) is 13.8 Å². The Labute approximate surface area is 47.4 Å². The van der Waals surface area contributed by atoms with Gasteiger partial charge in [-0.25, -0.2) is 0 Å². The first-order chi connectivity index (χ1) is 2.81. The van der Waals surface area contributed by atoms with Crippen LogP contribution in [0.1, 0.15) is 13.8 Å². The fourth-order valence-electron chi connectivity index (χ4n) is 0.224. The molecule has 0 bridgehead atoms. The predicted octanol–water partition coefficient (Wildman–Crippen LogP) is 0.383. The van der Waals surface area contributed by atoms with Gasteiger partial charge in [-0.3, -0.25) is 0 Å². The average Bonchev–Trinajstić information content (AvgIpc) is 1.65. The van der Waals surface area contributed by atoms with Crippen LogP contribution in [0.15, 0.2) is 0 Å². The van der Waals surface area contributed by atoms with Crippen molar-refractivity contribution in [2.24, 2.45) is 0 Å². The van der Waals surface area contributed by atoms with Crippen molar-refractivity contribution >= 4 is 22.7 Å². The van der Waals surface area contributed by atoms with E-state index in [0.717, 1.165) is 0 Å². The molecule has 2 heteroatoms. The van der Waals surface area contributed by atoms with E-state index < -0.39 is 0 Å². The first-order valence-electron chi connectivity index (χ1n) is 2.49. The summed E-state index contributed by atoms with van der Waals surface area (Å²) >= 11 is -0.0764. The summed E-state index contributed by atoms with van der Waals surface area (Å²) in [6.45, 7) is 4.66. The maximum atomic E-state index is 2.33. The molecule has 0 heterocycles. The van der Waals surface area contributed by atoms with Gasteiger partial charge >= 0.3 is 47.0 Å². The van der Waals surface area contributed by atoms with E-state index in [1.54, 1.807) is 0 Å². The predicted molar refractivity (Wildman–Crippen MR) is 36.7 cm³/mol. The van der Waals surface area contributed by atoms with Crippen LogP contribution >= 0.6 is 0 Å². The van der Waals surface area contributed by atoms with Gasteiger partial charge in [-0.1, -0.05) is 0 Å². The summed E-state index contributed by atoms with van der Waals surface area (Å²) in [6.07, 6.45) is 0. The first kappa shape index (κ1) is 6.78. The van der Waals surface area contributed by atoms with Crippen molar-refractivity contribution in [1.82, 2.24) is 0 Å². The maximum absolute atomic E-state index is 2.33. The Morgan fingerprint density at radius 3 is 1.67 bits per heavy atom. The minimum atomic E-state index is -0.0764. The van der Waals surface area contributed by atoms with Gasteiger partial charge in [0.15, 0.2) is 0 Å². The molecule has 6 heavy (non-hydrogen) atoms. The van der Waals surface area contributed by atoms with E-state index in [0.29, 0.717) is 0 Å². The van der Waals surface area contributed by atoms with E-state index >= 15 is 0 Å². The molecule has 0 aliphatic rings. The molecule has 0 aromatic rings. The van der Waals surface area contributed by atoms with E-state index in [9.17, 15) is 0 Å². The standard InChI is InChI=1S/C4H13AsSi/c1-3-5(6)4-2/h3-4H2,1-2,6H3. The fourth-order valence-corrected chi connectivity index (χ4v) is 1.16. The molecule has 38 valence electrons. The van der Waals surface area contributed by atoms with E-state index in [1.807, 2.05) is 0 Å². The molecule has 0 amide bonds. The molecule has 0 nitrogen and oxygen atoms in total. The zero-order valence-corrected chi connectivity index (χ0v) is 8.74. The Kier molecular flexibility index (Phi) is 4.46. The zero-order chi connectivity index (χ0) is 4.99. The Morgan fingerprint density at radius 2 is 1.67 bits per heavy atom. The summed E-state index contributed by atoms with van der Waals surface area (Å²) in [4.78, 5) is 0. The van der Waals surface area contributed by atoms with Crippen LogP contribution < -0.4 is 0 Å². The summed E-state index contributed by atoms with van der Waals surface area (Å²) in [7, 11) is 1.54. The molecule has 0 saturated carbocycles. The molecule has 0 aromatic carbocycles. The average molecular weight is 164 g/mol. The van der Waals surface area contributed by atoms with Crippen LogP contribution in [-0.2, 0) is 0 Å². The number of hydrogen-bond donors (Lipinski definition) is 0. The topological polar surface area (TPSA) is 0 Å². The Morgan fingerprint density at radius 1 is 1.33 bits per heavy atom. The van der Waals surface area contributed by atoms with Crippen molar-refractivity contribution in [2.75, 3.05) is 0 Å². The van der Waals surface area contributed by atoms with Crippen molar-refractivity contribution in [3.8, 4) is 0 Å². The molecular formula is C4H13AsSi. The van der Waals surface area contributed by atoms with Gasteiger partial charge in [0.25, 0.3) is 0 Å². The Bertz CT molecular complexity index is 26.7. The van der Waals surface area contributed by atoms with Crippen molar-refractivity contribution in [3.05, 3.63) is 0 Å². The third-order valence-electron chi connectivity index (χ3n) is 1.08. The van der Waals surface area contributed by atoms with Gasteiger partial charge in [0.05, 0.1) is 0 Å². The second kappa shape index (κ2) is 3.95. The molecule has 0 atom stereocenters. The molecule has 0 unspecified atom stereocenters. The van der Waals surface area contributed by atoms with E-state index in [4.69, 9.17) is 0 Å². The number of rotatable bonds is 2. The molecule has 0 aliphatic heterocycles. The molecule has 0 N–H and O–H groups in total. The third-order valence-corrected chi connectivity index (χ3v) is 12.2. The molecule has 0 fully saturated rings. The van der Waals surface area contributed by atoms with E-state index in [-0.39, 0.29) is 14.0 Å². The van der Waals surface area contributed by atoms with E-state index in [1.165, 1.54) is 19.1 Å². The summed E-state index contributed by atoms with van der Waals surface area (Å²) in [5, 5.41) is 3.07. The first-order valence-corrected chi connectivity index (χ1v) is 11.7. The van der Waals surface area contributed by atoms with Crippen LogP contribution in [0.2, 0.25) is 10.4 Å². The molecule has 0 spiro atoms. The second-order valence-corrected chi connectivity index (χ2v) is 14.3. The zero-order valence-electron chi connectivity index (χ0n) is 4.86. The molecule has 0 radical (unpaired) electrons. The van der Waals surface area contributed by atoms with Crippen LogP contribution in [-0.4, -0.2) is 22.7 Å². The summed E-state index contributed by atoms with van der Waals surface area (Å²) in [5.74, 6) is 0. The molecule has 0 aromatic heterocycles. The monoisotopic (exact) mass is 164 g/mol. The van der Waals surface area contributed by atoms with Crippen LogP contribution in [0, 0.1) is 0 Å². The molecule has 0 saturated heterocycles. The molecule has 0 aliphatic carbocycles. The van der Waals surface area contributed by atoms with Crippen molar-refractivity contribution in [3.63, 3.8) is 0 Å². The summed E-state index contributed by atoms with van der Waals surface area (Å²) in [5.41, 5.74) is 0. The summed E-state index contributed by atoms with van der Waals surface area (Å²) in [6, 6.07) is 0. The normalized spacial score (nSPS) is 10.5. The van der Waals surface area contributed by atoms with Crippen molar-refractivity contribution < 1.29 is 0 Å². The number of hydrogen-bond acceptors (Lipinski definition) is 0. The summed E-state index contributed by atoms with van der Waals surface area (Å²) < 4.78 is 0. The SMILES string of the molecule is CC[As]([SiH3])CC. The Hall–Kier alpha value is 0.775. The molecule has 0 rings (SSSR count). The van der Waals surface area contributed by atoms with Crippen molar-refractivity contribution in [1.29, 1.82) is 0 Å². The molecular weight excluding hydrogens is 151 g/mol. The van der Waals surface area contributed by atoms with Gasteiger partial charge < -0.3 is 0 Å². The third kappa shape index (κ3) is 2.98. The van der Waals surface area contributed by atoms with Gasteiger partial charge in [0.2, 0.25) is 0 Å². The van der Waals surface area contributed by atoms with Gasteiger partial charge in [0, 0.05) is 0 Å². The quantitative estimate of drug-likeness (QED) is 0.518. The fraction of sp³-hybridized carbons (Fsp3) is 1.00.